The average Bonchev–Trinajstić information content (AvgIpc) is 3.24. The van der Waals surface area contributed by atoms with Crippen LogP contribution in [-0.2, 0) is 9.53 Å². The van der Waals surface area contributed by atoms with Crippen LogP contribution in [0, 0.1) is 24.2 Å². The highest BCUT2D eigenvalue weighted by atomic mass is 16.5. The third-order valence-corrected chi connectivity index (χ3v) is 5.95. The van der Waals surface area contributed by atoms with Gasteiger partial charge in [-0.3, -0.25) is 9.59 Å². The minimum absolute atomic E-state index is 0.0970. The number of aryl methyl sites for hydroxylation is 1. The van der Waals surface area contributed by atoms with E-state index in [-0.39, 0.29) is 23.1 Å². The van der Waals surface area contributed by atoms with Crippen LogP contribution in [0.3, 0.4) is 0 Å². The van der Waals surface area contributed by atoms with Crippen LogP contribution in [0.5, 0.6) is 0 Å². The minimum Gasteiger partial charge on any atom is -0.456 e. The molecule has 0 unspecified atom stereocenters. The van der Waals surface area contributed by atoms with Crippen molar-refractivity contribution in [3.05, 3.63) is 23.7 Å². The summed E-state index contributed by atoms with van der Waals surface area (Å²) in [5, 5.41) is 3.12. The average molecular weight is 346 g/mol. The molecule has 25 heavy (non-hydrogen) atoms. The molecule has 3 heterocycles. The van der Waals surface area contributed by atoms with Gasteiger partial charge in [-0.15, -0.1) is 0 Å². The number of hydrogen-bond acceptors (Lipinski definition) is 4. The predicted molar refractivity (Wildman–Crippen MR) is 91.1 cm³/mol. The molecule has 0 radical (unpaired) electrons. The van der Waals surface area contributed by atoms with Gasteiger partial charge in [-0.2, -0.15) is 0 Å². The maximum absolute atomic E-state index is 12.8. The lowest BCUT2D eigenvalue weighted by Crippen LogP contribution is -2.44. The summed E-state index contributed by atoms with van der Waals surface area (Å²) in [5.41, 5.74) is -0.164. The van der Waals surface area contributed by atoms with Crippen molar-refractivity contribution in [2.45, 2.75) is 32.6 Å². The Morgan fingerprint density at radius 2 is 2.04 bits per heavy atom. The lowest BCUT2D eigenvalue weighted by atomic mass is 9.71. The van der Waals surface area contributed by atoms with E-state index in [2.05, 4.69) is 5.32 Å². The van der Waals surface area contributed by atoms with Gasteiger partial charge < -0.3 is 19.4 Å². The fraction of sp³-hybridized carbons (Fsp3) is 0.684. The highest BCUT2D eigenvalue weighted by molar-refractivity contribution is 5.92. The molecular formula is C19H26N2O4. The number of likely N-dealkylation sites (tertiary alicyclic amines) is 1. The Bertz CT molecular complexity index is 658. The summed E-state index contributed by atoms with van der Waals surface area (Å²) in [6, 6.07) is 3.52. The molecule has 6 heteroatoms. The first-order chi connectivity index (χ1) is 12.1. The Morgan fingerprint density at radius 1 is 1.28 bits per heavy atom. The van der Waals surface area contributed by atoms with Crippen LogP contribution in [0.15, 0.2) is 16.5 Å². The molecule has 6 nitrogen and oxygen atoms in total. The van der Waals surface area contributed by atoms with Crippen LogP contribution in [-0.4, -0.2) is 49.6 Å². The molecule has 1 aliphatic carbocycles. The van der Waals surface area contributed by atoms with E-state index >= 15 is 0 Å². The first-order valence-corrected chi connectivity index (χ1v) is 9.29. The number of furan rings is 1. The molecule has 1 N–H and O–H groups in total. The Hall–Kier alpha value is -1.82. The van der Waals surface area contributed by atoms with E-state index < -0.39 is 0 Å². The van der Waals surface area contributed by atoms with Gasteiger partial charge in [-0.05, 0) is 50.7 Å². The van der Waals surface area contributed by atoms with Gasteiger partial charge in [0.25, 0.3) is 5.91 Å². The van der Waals surface area contributed by atoms with E-state index in [1.165, 1.54) is 12.8 Å². The van der Waals surface area contributed by atoms with Crippen molar-refractivity contribution in [1.29, 1.82) is 0 Å². The first kappa shape index (κ1) is 16.6. The second kappa shape index (κ2) is 6.48. The number of carbonyl (C=O) groups excluding carboxylic acids is 2. The molecule has 0 aromatic carbocycles. The van der Waals surface area contributed by atoms with Gasteiger partial charge in [0, 0.05) is 38.3 Å². The smallest absolute Gasteiger partial charge is 0.289 e. The number of nitrogens with zero attached hydrogens (tertiary/aromatic N) is 1. The Kier molecular flexibility index (Phi) is 4.31. The summed E-state index contributed by atoms with van der Waals surface area (Å²) in [5.74, 6) is 1.56. The van der Waals surface area contributed by atoms with Crippen molar-refractivity contribution in [2.75, 3.05) is 32.8 Å². The highest BCUT2D eigenvalue weighted by Crippen LogP contribution is 2.45. The zero-order valence-electron chi connectivity index (χ0n) is 14.8. The van der Waals surface area contributed by atoms with E-state index in [1.54, 1.807) is 17.0 Å². The van der Waals surface area contributed by atoms with Crippen molar-refractivity contribution in [1.82, 2.24) is 10.2 Å². The van der Waals surface area contributed by atoms with E-state index in [4.69, 9.17) is 9.15 Å². The normalized spacial score (nSPS) is 25.3. The van der Waals surface area contributed by atoms with Gasteiger partial charge in [-0.25, -0.2) is 0 Å². The first-order valence-electron chi connectivity index (χ1n) is 9.29. The van der Waals surface area contributed by atoms with E-state index in [1.807, 2.05) is 6.92 Å². The fourth-order valence-corrected chi connectivity index (χ4v) is 4.16. The van der Waals surface area contributed by atoms with Crippen molar-refractivity contribution in [2.24, 2.45) is 17.3 Å². The lowest BCUT2D eigenvalue weighted by molar-refractivity contribution is -0.129. The van der Waals surface area contributed by atoms with Crippen molar-refractivity contribution in [3.63, 3.8) is 0 Å². The van der Waals surface area contributed by atoms with Gasteiger partial charge in [-0.1, -0.05) is 0 Å². The van der Waals surface area contributed by atoms with Gasteiger partial charge in [0.15, 0.2) is 5.76 Å². The number of carbonyl (C=O) groups is 2. The van der Waals surface area contributed by atoms with Crippen molar-refractivity contribution in [3.8, 4) is 0 Å². The Labute approximate surface area is 147 Å². The predicted octanol–water partition coefficient (Wildman–Crippen LogP) is 1.98. The van der Waals surface area contributed by atoms with Crippen molar-refractivity contribution >= 4 is 11.8 Å². The Balaban J connectivity index is 1.51. The molecular weight excluding hydrogens is 320 g/mol. The van der Waals surface area contributed by atoms with Crippen LogP contribution in [0.4, 0.5) is 0 Å². The molecule has 2 amide bonds. The molecule has 2 saturated heterocycles. The fourth-order valence-electron chi connectivity index (χ4n) is 4.16. The van der Waals surface area contributed by atoms with Crippen LogP contribution in [0.25, 0.3) is 0 Å². The van der Waals surface area contributed by atoms with Crippen LogP contribution in [0.2, 0.25) is 0 Å². The van der Waals surface area contributed by atoms with E-state index in [0.717, 1.165) is 25.1 Å². The molecule has 3 fully saturated rings. The molecule has 3 aliphatic rings. The summed E-state index contributed by atoms with van der Waals surface area (Å²) in [7, 11) is 0. The lowest BCUT2D eigenvalue weighted by Gasteiger charge is -2.37. The second-order valence-corrected chi connectivity index (χ2v) is 7.81. The summed E-state index contributed by atoms with van der Waals surface area (Å²) in [6.45, 7) is 5.00. The zero-order chi connectivity index (χ0) is 17.4. The van der Waals surface area contributed by atoms with Crippen LogP contribution in [0.1, 0.15) is 42.0 Å². The maximum atomic E-state index is 12.8. The SMILES string of the molecule is Cc1ccc(C(=O)N2C[C@H](C(=O)NCC3CC3)C3(CCOCC3)C2)o1. The van der Waals surface area contributed by atoms with Gasteiger partial charge in [0.05, 0.1) is 5.92 Å². The van der Waals surface area contributed by atoms with Crippen molar-refractivity contribution < 1.29 is 18.7 Å². The van der Waals surface area contributed by atoms with E-state index in [0.29, 0.717) is 38.0 Å². The zero-order valence-corrected chi connectivity index (χ0v) is 14.8. The quantitative estimate of drug-likeness (QED) is 0.905. The van der Waals surface area contributed by atoms with E-state index in [9.17, 15) is 9.59 Å². The third-order valence-electron chi connectivity index (χ3n) is 5.95. The van der Waals surface area contributed by atoms with Gasteiger partial charge in [0.1, 0.15) is 5.76 Å². The number of hydrogen-bond donors (Lipinski definition) is 1. The molecule has 4 rings (SSSR count). The molecule has 1 aromatic heterocycles. The van der Waals surface area contributed by atoms with Crippen LogP contribution < -0.4 is 5.32 Å². The molecule has 1 saturated carbocycles. The molecule has 2 aliphatic heterocycles. The Morgan fingerprint density at radius 3 is 2.68 bits per heavy atom. The standard InChI is InChI=1S/C19H26N2O4/c1-13-2-5-16(25-13)18(23)21-11-15(17(22)20-10-14-3-4-14)19(12-21)6-8-24-9-7-19/h2,5,14-15H,3-4,6-12H2,1H3,(H,20,22)/t15-/m1/s1. The largest absolute Gasteiger partial charge is 0.456 e. The van der Waals surface area contributed by atoms with Crippen LogP contribution >= 0.6 is 0 Å². The molecule has 1 spiro atoms. The molecule has 1 atom stereocenters. The number of nitrogens with one attached hydrogen (secondary N) is 1. The second-order valence-electron chi connectivity index (χ2n) is 7.81. The number of amides is 2. The third kappa shape index (κ3) is 3.32. The minimum atomic E-state index is -0.164. The summed E-state index contributed by atoms with van der Waals surface area (Å²) < 4.78 is 11.0. The summed E-state index contributed by atoms with van der Waals surface area (Å²) >= 11 is 0. The number of ether oxygens (including phenoxy) is 1. The topological polar surface area (TPSA) is 71.8 Å². The van der Waals surface area contributed by atoms with Gasteiger partial charge >= 0.3 is 0 Å². The highest BCUT2D eigenvalue weighted by Gasteiger charge is 2.52. The maximum Gasteiger partial charge on any atom is 0.289 e. The monoisotopic (exact) mass is 346 g/mol. The van der Waals surface area contributed by atoms with Gasteiger partial charge in [0.2, 0.25) is 5.91 Å². The molecule has 1 aromatic rings. The number of rotatable bonds is 4. The summed E-state index contributed by atoms with van der Waals surface area (Å²) in [6.07, 6.45) is 4.09. The molecule has 136 valence electrons. The summed E-state index contributed by atoms with van der Waals surface area (Å²) in [4.78, 5) is 27.4. The molecule has 0 bridgehead atoms.